The molecule has 0 saturated carbocycles. The molecule has 0 N–H and O–H groups in total. The molecule has 4 rings (SSSR count). The summed E-state index contributed by atoms with van der Waals surface area (Å²) in [5.74, 6) is 1.21. The van der Waals surface area contributed by atoms with Gasteiger partial charge < -0.3 is 23.8 Å². The average molecular weight is 499 g/mol. The molecule has 0 unspecified atom stereocenters. The number of hydrogen-bond acceptors (Lipinski definition) is 7. The minimum atomic E-state index is -1.16. The van der Waals surface area contributed by atoms with Crippen LogP contribution in [0.3, 0.4) is 0 Å². The summed E-state index contributed by atoms with van der Waals surface area (Å²) in [5, 5.41) is 0. The summed E-state index contributed by atoms with van der Waals surface area (Å²) in [7, 11) is -1.16. The van der Waals surface area contributed by atoms with Crippen LogP contribution in [0.15, 0.2) is 36.5 Å². The van der Waals surface area contributed by atoms with Crippen LogP contribution in [0.25, 0.3) is 0 Å². The molecule has 2 aromatic rings. The Morgan fingerprint density at radius 2 is 1.97 bits per heavy atom. The van der Waals surface area contributed by atoms with Crippen LogP contribution in [0.4, 0.5) is 11.5 Å². The molecule has 188 valence electrons. The van der Waals surface area contributed by atoms with Crippen LogP contribution < -0.4 is 9.64 Å². The van der Waals surface area contributed by atoms with Crippen molar-refractivity contribution in [1.29, 1.82) is 0 Å². The van der Waals surface area contributed by atoms with Gasteiger partial charge in [0.1, 0.15) is 17.1 Å². The number of fused-ring (bicyclic) bond motifs is 1. The van der Waals surface area contributed by atoms with Crippen molar-refractivity contribution >= 4 is 31.3 Å². The van der Waals surface area contributed by atoms with E-state index in [2.05, 4.69) is 40.2 Å². The number of nitrogens with zero attached hydrogens (tertiary/aromatic N) is 3. The van der Waals surface area contributed by atoms with Gasteiger partial charge >= 0.3 is 5.97 Å². The molecule has 3 heterocycles. The van der Waals surface area contributed by atoms with E-state index in [0.29, 0.717) is 32.3 Å². The van der Waals surface area contributed by atoms with E-state index in [-0.39, 0.29) is 12.6 Å². The van der Waals surface area contributed by atoms with Gasteiger partial charge in [0.15, 0.2) is 6.61 Å². The molecule has 2 aliphatic heterocycles. The number of carbonyl (C=O) groups is 1. The fourth-order valence-corrected chi connectivity index (χ4v) is 4.86. The number of esters is 1. The monoisotopic (exact) mass is 498 g/mol. The lowest BCUT2D eigenvalue weighted by molar-refractivity contribution is -0.500. The van der Waals surface area contributed by atoms with Crippen LogP contribution in [-0.2, 0) is 19.0 Å². The maximum absolute atomic E-state index is 11.7. The topological polar surface area (TPSA) is 73.1 Å². The summed E-state index contributed by atoms with van der Waals surface area (Å²) in [5.41, 5.74) is 4.30. The Kier molecular flexibility index (Phi) is 8.20. The van der Waals surface area contributed by atoms with E-state index < -0.39 is 8.07 Å². The predicted molar refractivity (Wildman–Crippen MR) is 138 cm³/mol. The summed E-state index contributed by atoms with van der Waals surface area (Å²) < 4.78 is 24.5. The minimum absolute atomic E-state index is 0.109. The fourth-order valence-electron chi connectivity index (χ4n) is 4.10. The molecule has 35 heavy (non-hydrogen) atoms. The first kappa shape index (κ1) is 25.3. The molecule has 0 aliphatic carbocycles. The summed E-state index contributed by atoms with van der Waals surface area (Å²) in [6.07, 6.45) is 1.86. The molecular weight excluding hydrogens is 462 g/mol. The number of ether oxygens (including phenoxy) is 4. The Labute approximate surface area is 208 Å². The molecule has 0 radical (unpaired) electrons. The van der Waals surface area contributed by atoms with Crippen molar-refractivity contribution in [3.8, 4) is 5.75 Å². The molecule has 0 bridgehead atoms. The minimum Gasteiger partial charge on any atom is -0.482 e. The molecule has 8 nitrogen and oxygen atoms in total. The molecule has 0 atom stereocenters. The summed E-state index contributed by atoms with van der Waals surface area (Å²) in [6, 6.07) is 11.2. The Morgan fingerprint density at radius 3 is 2.71 bits per heavy atom. The highest BCUT2D eigenvalue weighted by molar-refractivity contribution is 6.76. The van der Waals surface area contributed by atoms with Crippen molar-refractivity contribution in [3.05, 3.63) is 47.7 Å². The first-order valence-corrected chi connectivity index (χ1v) is 16.0. The number of morpholine rings is 1. The van der Waals surface area contributed by atoms with E-state index in [0.717, 1.165) is 54.1 Å². The third-order valence-corrected chi connectivity index (χ3v) is 7.72. The SMILES string of the molecule is CCOC(=O)COc1ccc2c(c1)C(c1ccnc(N3CCOCC3)c1)=[N+]2COCC[Si](C)(C)C. The number of carbonyl (C=O) groups excluding carboxylic acids is 1. The fraction of sp³-hybridized carbons (Fsp3) is 0.500. The van der Waals surface area contributed by atoms with E-state index >= 15 is 0 Å². The second-order valence-electron chi connectivity index (χ2n) is 9.90. The quantitative estimate of drug-likeness (QED) is 0.203. The van der Waals surface area contributed by atoms with Crippen molar-refractivity contribution in [2.75, 3.05) is 57.8 Å². The van der Waals surface area contributed by atoms with Crippen molar-refractivity contribution in [2.45, 2.75) is 32.6 Å². The van der Waals surface area contributed by atoms with E-state index in [1.54, 1.807) is 6.92 Å². The lowest BCUT2D eigenvalue weighted by atomic mass is 9.94. The molecule has 9 heteroatoms. The summed E-state index contributed by atoms with van der Waals surface area (Å²) in [4.78, 5) is 18.6. The zero-order chi connectivity index (χ0) is 24.8. The number of anilines is 1. The first-order chi connectivity index (χ1) is 16.9. The molecule has 2 aliphatic rings. The van der Waals surface area contributed by atoms with Gasteiger partial charge in [-0.05, 0) is 31.2 Å². The van der Waals surface area contributed by atoms with Gasteiger partial charge in [0, 0.05) is 39.5 Å². The van der Waals surface area contributed by atoms with Gasteiger partial charge in [-0.15, -0.1) is 0 Å². The normalized spacial score (nSPS) is 15.5. The lowest BCUT2D eigenvalue weighted by Gasteiger charge is -2.28. The van der Waals surface area contributed by atoms with Crippen molar-refractivity contribution < 1.29 is 28.3 Å². The first-order valence-electron chi connectivity index (χ1n) is 12.3. The maximum Gasteiger partial charge on any atom is 0.344 e. The zero-order valence-electron chi connectivity index (χ0n) is 21.2. The Balaban J connectivity index is 1.57. The van der Waals surface area contributed by atoms with Crippen LogP contribution in [-0.4, -0.2) is 82.2 Å². The van der Waals surface area contributed by atoms with Crippen molar-refractivity contribution in [1.82, 2.24) is 4.98 Å². The van der Waals surface area contributed by atoms with Crippen LogP contribution in [0.1, 0.15) is 18.1 Å². The standard InChI is InChI=1S/C26H36N3O5Si/c1-5-33-25(30)18-34-21-6-7-23-22(17-21)26(29(23)19-32-14-15-35(2,3)4)20-8-9-27-24(16-20)28-10-12-31-13-11-28/h6-9,16-17H,5,10-15,18-19H2,1-4H3/q+1. The third kappa shape index (κ3) is 6.48. The van der Waals surface area contributed by atoms with Gasteiger partial charge in [-0.2, -0.15) is 4.58 Å². The van der Waals surface area contributed by atoms with Gasteiger partial charge in [-0.1, -0.05) is 19.6 Å². The number of benzene rings is 1. The van der Waals surface area contributed by atoms with Crippen LogP contribution in [0.5, 0.6) is 5.75 Å². The van der Waals surface area contributed by atoms with Crippen LogP contribution in [0, 0.1) is 0 Å². The summed E-state index contributed by atoms with van der Waals surface area (Å²) >= 11 is 0. The highest BCUT2D eigenvalue weighted by atomic mass is 28.3. The molecular formula is C26H36N3O5Si+. The number of hydrogen-bond donors (Lipinski definition) is 0. The highest BCUT2D eigenvalue weighted by Gasteiger charge is 2.38. The predicted octanol–water partition coefficient (Wildman–Crippen LogP) is 3.67. The van der Waals surface area contributed by atoms with E-state index in [4.69, 9.17) is 18.9 Å². The second kappa shape index (κ2) is 11.3. The Morgan fingerprint density at radius 1 is 1.17 bits per heavy atom. The third-order valence-electron chi connectivity index (χ3n) is 6.02. The molecule has 1 saturated heterocycles. The van der Waals surface area contributed by atoms with Crippen molar-refractivity contribution in [3.63, 3.8) is 0 Å². The van der Waals surface area contributed by atoms with E-state index in [1.807, 2.05) is 30.5 Å². The van der Waals surface area contributed by atoms with Gasteiger partial charge in [0.25, 0.3) is 6.73 Å². The molecule has 1 aromatic carbocycles. The largest absolute Gasteiger partial charge is 0.482 e. The van der Waals surface area contributed by atoms with E-state index in [9.17, 15) is 4.79 Å². The molecule has 1 aromatic heterocycles. The zero-order valence-corrected chi connectivity index (χ0v) is 22.2. The number of pyridine rings is 1. The summed E-state index contributed by atoms with van der Waals surface area (Å²) in [6.45, 7) is 13.4. The van der Waals surface area contributed by atoms with Gasteiger partial charge in [0.2, 0.25) is 11.4 Å². The lowest BCUT2D eigenvalue weighted by Crippen LogP contribution is -2.37. The number of aromatic nitrogens is 1. The second-order valence-corrected chi connectivity index (χ2v) is 15.5. The van der Waals surface area contributed by atoms with Crippen LogP contribution in [0.2, 0.25) is 25.7 Å². The Bertz CT molecular complexity index is 1080. The smallest absolute Gasteiger partial charge is 0.344 e. The molecule has 1 fully saturated rings. The van der Waals surface area contributed by atoms with Gasteiger partial charge in [-0.25, -0.2) is 9.78 Å². The van der Waals surface area contributed by atoms with E-state index in [1.165, 1.54) is 0 Å². The Hall–Kier alpha value is -2.75. The van der Waals surface area contributed by atoms with Crippen molar-refractivity contribution in [2.24, 2.45) is 0 Å². The molecule has 0 amide bonds. The highest BCUT2D eigenvalue weighted by Crippen LogP contribution is 2.36. The molecule has 0 spiro atoms. The average Bonchev–Trinajstić information content (AvgIpc) is 2.83. The maximum atomic E-state index is 11.7. The van der Waals surface area contributed by atoms with Gasteiger partial charge in [0.05, 0.1) is 32.0 Å². The number of rotatable bonds is 11. The van der Waals surface area contributed by atoms with Gasteiger partial charge in [-0.3, -0.25) is 0 Å². The van der Waals surface area contributed by atoms with Crippen LogP contribution >= 0.6 is 0 Å².